The summed E-state index contributed by atoms with van der Waals surface area (Å²) in [6.07, 6.45) is 6.85. The lowest BCUT2D eigenvalue weighted by Gasteiger charge is -2.49. The Labute approximate surface area is 110 Å². The largest absolute Gasteiger partial charge is 0.375 e. The topological polar surface area (TPSA) is 55.4 Å². The lowest BCUT2D eigenvalue weighted by molar-refractivity contribution is -0.146. The van der Waals surface area contributed by atoms with Crippen LogP contribution in [0.4, 0.5) is 0 Å². The fourth-order valence-electron chi connectivity index (χ4n) is 3.41. The number of ether oxygens (including phenoxy) is 1. The SMILES string of the molecule is CNC(C1CCOC2(CCC2)C1)C(C)S(C)(=O)=O. The Balaban J connectivity index is 2.08. The minimum Gasteiger partial charge on any atom is -0.375 e. The molecule has 5 heteroatoms. The Kier molecular flexibility index (Phi) is 4.04. The maximum absolute atomic E-state index is 11.7. The van der Waals surface area contributed by atoms with E-state index in [-0.39, 0.29) is 16.9 Å². The second-order valence-corrected chi connectivity index (χ2v) is 8.39. The molecule has 106 valence electrons. The minimum atomic E-state index is -2.99. The normalized spacial score (nSPS) is 30.7. The van der Waals surface area contributed by atoms with Crippen LogP contribution in [-0.4, -0.2) is 45.2 Å². The zero-order valence-electron chi connectivity index (χ0n) is 11.6. The van der Waals surface area contributed by atoms with Gasteiger partial charge >= 0.3 is 0 Å². The van der Waals surface area contributed by atoms with Gasteiger partial charge in [-0.05, 0) is 52.0 Å². The van der Waals surface area contributed by atoms with Gasteiger partial charge in [0.1, 0.15) is 0 Å². The van der Waals surface area contributed by atoms with Crippen molar-refractivity contribution in [2.75, 3.05) is 19.9 Å². The van der Waals surface area contributed by atoms with Crippen LogP contribution in [0.5, 0.6) is 0 Å². The highest BCUT2D eigenvalue weighted by Gasteiger charge is 2.45. The lowest BCUT2D eigenvalue weighted by Crippen LogP contribution is -2.53. The molecule has 1 saturated carbocycles. The van der Waals surface area contributed by atoms with E-state index < -0.39 is 9.84 Å². The Hall–Kier alpha value is -0.130. The first-order chi connectivity index (χ1) is 8.38. The molecular formula is C13H25NO3S. The second kappa shape index (κ2) is 5.10. The summed E-state index contributed by atoms with van der Waals surface area (Å²) in [7, 11) is -1.12. The molecule has 1 N–H and O–H groups in total. The van der Waals surface area contributed by atoms with Gasteiger partial charge in [-0.3, -0.25) is 0 Å². The van der Waals surface area contributed by atoms with Crippen LogP contribution < -0.4 is 5.32 Å². The van der Waals surface area contributed by atoms with E-state index in [9.17, 15) is 8.42 Å². The molecular weight excluding hydrogens is 250 g/mol. The Morgan fingerprint density at radius 1 is 1.39 bits per heavy atom. The van der Waals surface area contributed by atoms with E-state index >= 15 is 0 Å². The van der Waals surface area contributed by atoms with Gasteiger partial charge in [-0.1, -0.05) is 0 Å². The van der Waals surface area contributed by atoms with E-state index in [1.165, 1.54) is 12.7 Å². The number of rotatable bonds is 4. The standard InChI is InChI=1S/C13H25NO3S/c1-10(18(3,15)16)12(14-2)11-5-8-17-13(9-11)6-4-7-13/h10-12,14H,4-9H2,1-3H3. The van der Waals surface area contributed by atoms with Gasteiger partial charge in [-0.2, -0.15) is 0 Å². The zero-order valence-corrected chi connectivity index (χ0v) is 12.4. The van der Waals surface area contributed by atoms with Crippen LogP contribution in [0, 0.1) is 5.92 Å². The van der Waals surface area contributed by atoms with Crippen LogP contribution in [0.2, 0.25) is 0 Å². The van der Waals surface area contributed by atoms with Crippen LogP contribution in [0.25, 0.3) is 0 Å². The van der Waals surface area contributed by atoms with Crippen LogP contribution in [0.3, 0.4) is 0 Å². The number of hydrogen-bond donors (Lipinski definition) is 1. The average Bonchev–Trinajstić information content (AvgIpc) is 2.27. The second-order valence-electron chi connectivity index (χ2n) is 5.99. The van der Waals surface area contributed by atoms with Crippen molar-refractivity contribution in [3.8, 4) is 0 Å². The molecule has 1 heterocycles. The molecule has 3 atom stereocenters. The van der Waals surface area contributed by atoms with Crippen molar-refractivity contribution >= 4 is 9.84 Å². The minimum absolute atomic E-state index is 0.0429. The van der Waals surface area contributed by atoms with Crippen molar-refractivity contribution in [1.29, 1.82) is 0 Å². The van der Waals surface area contributed by atoms with E-state index in [1.54, 1.807) is 0 Å². The van der Waals surface area contributed by atoms with Crippen molar-refractivity contribution in [2.45, 2.75) is 55.9 Å². The van der Waals surface area contributed by atoms with Crippen molar-refractivity contribution in [1.82, 2.24) is 5.32 Å². The molecule has 0 radical (unpaired) electrons. The fraction of sp³-hybridized carbons (Fsp3) is 1.00. The van der Waals surface area contributed by atoms with Crippen LogP contribution in [-0.2, 0) is 14.6 Å². The summed E-state index contributed by atoms with van der Waals surface area (Å²) in [6, 6.07) is 0.0429. The highest BCUT2D eigenvalue weighted by molar-refractivity contribution is 7.91. The van der Waals surface area contributed by atoms with Crippen molar-refractivity contribution in [2.24, 2.45) is 5.92 Å². The van der Waals surface area contributed by atoms with Crippen molar-refractivity contribution in [3.63, 3.8) is 0 Å². The summed E-state index contributed by atoms with van der Waals surface area (Å²) in [5.74, 6) is 0.411. The van der Waals surface area contributed by atoms with Gasteiger partial charge < -0.3 is 10.1 Å². The Morgan fingerprint density at radius 2 is 2.06 bits per heavy atom. The summed E-state index contributed by atoms with van der Waals surface area (Å²) >= 11 is 0. The summed E-state index contributed by atoms with van der Waals surface area (Å²) in [5.41, 5.74) is 0.0786. The first-order valence-electron chi connectivity index (χ1n) is 6.88. The van der Waals surface area contributed by atoms with Gasteiger partial charge in [-0.15, -0.1) is 0 Å². The molecule has 0 aromatic rings. The number of hydrogen-bond acceptors (Lipinski definition) is 4. The van der Waals surface area contributed by atoms with E-state index in [0.717, 1.165) is 32.3 Å². The van der Waals surface area contributed by atoms with Crippen LogP contribution >= 0.6 is 0 Å². The molecule has 3 unspecified atom stereocenters. The fourth-order valence-corrected chi connectivity index (χ4v) is 4.30. The van der Waals surface area contributed by atoms with Gasteiger partial charge in [0.05, 0.1) is 10.9 Å². The van der Waals surface area contributed by atoms with Crippen LogP contribution in [0.1, 0.15) is 39.0 Å². The summed E-state index contributed by atoms with van der Waals surface area (Å²) < 4.78 is 29.4. The highest BCUT2D eigenvalue weighted by atomic mass is 32.2. The van der Waals surface area contributed by atoms with E-state index in [4.69, 9.17) is 4.74 Å². The van der Waals surface area contributed by atoms with E-state index in [2.05, 4.69) is 5.32 Å². The molecule has 2 fully saturated rings. The lowest BCUT2D eigenvalue weighted by atomic mass is 9.70. The van der Waals surface area contributed by atoms with E-state index in [1.807, 2.05) is 14.0 Å². The van der Waals surface area contributed by atoms with Gasteiger partial charge in [0.15, 0.2) is 9.84 Å². The predicted molar refractivity (Wildman–Crippen MR) is 72.4 cm³/mol. The maximum atomic E-state index is 11.7. The monoisotopic (exact) mass is 275 g/mol. The summed E-state index contributed by atoms with van der Waals surface area (Å²) in [6.45, 7) is 2.60. The van der Waals surface area contributed by atoms with Gasteiger partial charge in [-0.25, -0.2) is 8.42 Å². The molecule has 1 saturated heterocycles. The first kappa shape index (κ1) is 14.3. The molecule has 0 bridgehead atoms. The zero-order chi connectivity index (χ0) is 13.4. The number of sulfone groups is 1. The maximum Gasteiger partial charge on any atom is 0.151 e. The van der Waals surface area contributed by atoms with Crippen molar-refractivity contribution in [3.05, 3.63) is 0 Å². The average molecular weight is 275 g/mol. The third kappa shape index (κ3) is 2.73. The smallest absolute Gasteiger partial charge is 0.151 e. The molecule has 1 spiro atoms. The Bertz CT molecular complexity index is 389. The molecule has 0 aromatic carbocycles. The first-order valence-corrected chi connectivity index (χ1v) is 8.83. The highest BCUT2D eigenvalue weighted by Crippen LogP contribution is 2.45. The molecule has 4 nitrogen and oxygen atoms in total. The van der Waals surface area contributed by atoms with Gasteiger partial charge in [0.2, 0.25) is 0 Å². The van der Waals surface area contributed by atoms with Crippen molar-refractivity contribution < 1.29 is 13.2 Å². The van der Waals surface area contributed by atoms with E-state index in [0.29, 0.717) is 5.92 Å². The van der Waals surface area contributed by atoms with Crippen LogP contribution in [0.15, 0.2) is 0 Å². The third-order valence-electron chi connectivity index (χ3n) is 4.82. The van der Waals surface area contributed by atoms with Gasteiger partial charge in [0, 0.05) is 18.9 Å². The molecule has 0 aromatic heterocycles. The third-order valence-corrected chi connectivity index (χ3v) is 6.46. The predicted octanol–water partition coefficient (Wildman–Crippen LogP) is 1.36. The molecule has 1 aliphatic heterocycles. The molecule has 1 aliphatic carbocycles. The quantitative estimate of drug-likeness (QED) is 0.841. The molecule has 2 aliphatic rings. The van der Waals surface area contributed by atoms with Gasteiger partial charge in [0.25, 0.3) is 0 Å². The number of nitrogens with one attached hydrogen (secondary N) is 1. The Morgan fingerprint density at radius 3 is 2.50 bits per heavy atom. The summed E-state index contributed by atoms with van der Waals surface area (Å²) in [4.78, 5) is 0. The summed E-state index contributed by atoms with van der Waals surface area (Å²) in [5, 5.41) is 2.90. The molecule has 0 amide bonds. The molecule has 2 rings (SSSR count). The molecule has 18 heavy (non-hydrogen) atoms.